The fourth-order valence-corrected chi connectivity index (χ4v) is 3.77. The maximum absolute atomic E-state index is 12.7. The molecule has 0 aromatic heterocycles. The van der Waals surface area contributed by atoms with Crippen LogP contribution in [0.3, 0.4) is 0 Å². The highest BCUT2D eigenvalue weighted by Gasteiger charge is 2.26. The maximum atomic E-state index is 12.7. The molecule has 1 N–H and O–H groups in total. The van der Waals surface area contributed by atoms with E-state index in [0.717, 1.165) is 35.2 Å². The van der Waals surface area contributed by atoms with Crippen molar-refractivity contribution in [2.45, 2.75) is 26.4 Å². The Labute approximate surface area is 188 Å². The average Bonchev–Trinajstić information content (AvgIpc) is 2.78. The smallest absolute Gasteiger partial charge is 0.410 e. The molecule has 0 radical (unpaired) electrons. The van der Waals surface area contributed by atoms with Crippen LogP contribution in [0.4, 0.5) is 16.2 Å². The number of hydrogen-bond acceptors (Lipinski definition) is 4. The third-order valence-corrected chi connectivity index (χ3v) is 5.43. The molecular weight excluding hydrogens is 402 g/mol. The summed E-state index contributed by atoms with van der Waals surface area (Å²) in [5.41, 5.74) is 1.93. The molecular formula is C26H29N3O3. The Hall–Kier alpha value is -3.54. The molecule has 1 aliphatic heterocycles. The number of nitrogens with zero attached hydrogens (tertiary/aromatic N) is 2. The van der Waals surface area contributed by atoms with E-state index in [-0.39, 0.29) is 12.0 Å². The van der Waals surface area contributed by atoms with Crippen molar-refractivity contribution >= 4 is 34.1 Å². The lowest BCUT2D eigenvalue weighted by Gasteiger charge is -2.36. The van der Waals surface area contributed by atoms with Gasteiger partial charge in [0.05, 0.1) is 0 Å². The first kappa shape index (κ1) is 21.7. The van der Waals surface area contributed by atoms with Crippen LogP contribution in [0, 0.1) is 0 Å². The predicted molar refractivity (Wildman–Crippen MR) is 128 cm³/mol. The summed E-state index contributed by atoms with van der Waals surface area (Å²) in [6.45, 7) is 8.29. The van der Waals surface area contributed by atoms with Gasteiger partial charge in [0.15, 0.2) is 0 Å². The van der Waals surface area contributed by atoms with Crippen LogP contribution in [-0.4, -0.2) is 48.7 Å². The van der Waals surface area contributed by atoms with Gasteiger partial charge in [-0.25, -0.2) is 4.79 Å². The molecule has 1 heterocycles. The van der Waals surface area contributed by atoms with E-state index in [1.54, 1.807) is 4.90 Å². The molecule has 6 heteroatoms. The SMILES string of the molecule is CC(C)(C)OC(=O)N1CCN(c2ccc(C(=O)Nc3ccc4ccccc4c3)cc2)CC1. The molecule has 3 aromatic rings. The summed E-state index contributed by atoms with van der Waals surface area (Å²) in [7, 11) is 0. The van der Waals surface area contributed by atoms with E-state index in [0.29, 0.717) is 18.7 Å². The molecule has 0 spiro atoms. The van der Waals surface area contributed by atoms with Crippen molar-refractivity contribution < 1.29 is 14.3 Å². The number of rotatable bonds is 3. The molecule has 1 aliphatic rings. The fraction of sp³-hybridized carbons (Fsp3) is 0.308. The highest BCUT2D eigenvalue weighted by molar-refractivity contribution is 6.05. The van der Waals surface area contributed by atoms with Gasteiger partial charge < -0.3 is 19.9 Å². The number of piperazine rings is 1. The lowest BCUT2D eigenvalue weighted by atomic mass is 10.1. The Morgan fingerprint density at radius 2 is 1.50 bits per heavy atom. The van der Waals surface area contributed by atoms with Gasteiger partial charge in [-0.3, -0.25) is 4.79 Å². The predicted octanol–water partition coefficient (Wildman–Crippen LogP) is 5.15. The summed E-state index contributed by atoms with van der Waals surface area (Å²) >= 11 is 0. The molecule has 0 aliphatic carbocycles. The van der Waals surface area contributed by atoms with E-state index >= 15 is 0 Å². The van der Waals surface area contributed by atoms with Crippen LogP contribution >= 0.6 is 0 Å². The van der Waals surface area contributed by atoms with Gasteiger partial charge in [0.25, 0.3) is 5.91 Å². The normalized spacial score (nSPS) is 14.3. The lowest BCUT2D eigenvalue weighted by molar-refractivity contribution is 0.0240. The second kappa shape index (κ2) is 8.91. The van der Waals surface area contributed by atoms with Crippen LogP contribution in [0.1, 0.15) is 31.1 Å². The van der Waals surface area contributed by atoms with Crippen molar-refractivity contribution in [1.82, 2.24) is 4.90 Å². The van der Waals surface area contributed by atoms with Gasteiger partial charge in [0.2, 0.25) is 0 Å². The summed E-state index contributed by atoms with van der Waals surface area (Å²) in [5.74, 6) is -0.137. The van der Waals surface area contributed by atoms with Crippen LogP contribution in [0.15, 0.2) is 66.7 Å². The number of carbonyl (C=O) groups is 2. The molecule has 32 heavy (non-hydrogen) atoms. The Bertz CT molecular complexity index is 1110. The lowest BCUT2D eigenvalue weighted by Crippen LogP contribution is -2.50. The summed E-state index contributed by atoms with van der Waals surface area (Å²) in [4.78, 5) is 28.9. The van der Waals surface area contributed by atoms with Gasteiger partial charge in [-0.1, -0.05) is 30.3 Å². The highest BCUT2D eigenvalue weighted by Crippen LogP contribution is 2.21. The van der Waals surface area contributed by atoms with E-state index in [4.69, 9.17) is 4.74 Å². The van der Waals surface area contributed by atoms with E-state index < -0.39 is 5.60 Å². The zero-order valence-corrected chi connectivity index (χ0v) is 18.8. The largest absolute Gasteiger partial charge is 0.444 e. The van der Waals surface area contributed by atoms with Gasteiger partial charge in [0.1, 0.15) is 5.60 Å². The first-order chi connectivity index (χ1) is 15.3. The zero-order valence-electron chi connectivity index (χ0n) is 18.8. The van der Waals surface area contributed by atoms with Crippen molar-refractivity contribution in [2.75, 3.05) is 36.4 Å². The minimum Gasteiger partial charge on any atom is -0.444 e. The molecule has 0 atom stereocenters. The number of amides is 2. The minimum absolute atomic E-state index is 0.137. The quantitative estimate of drug-likeness (QED) is 0.623. The molecule has 2 amide bonds. The van der Waals surface area contributed by atoms with E-state index in [2.05, 4.69) is 10.2 Å². The molecule has 0 unspecified atom stereocenters. The number of hydrogen-bond donors (Lipinski definition) is 1. The highest BCUT2D eigenvalue weighted by atomic mass is 16.6. The maximum Gasteiger partial charge on any atom is 0.410 e. The third kappa shape index (κ3) is 5.19. The monoisotopic (exact) mass is 431 g/mol. The summed E-state index contributed by atoms with van der Waals surface area (Å²) < 4.78 is 5.46. The van der Waals surface area contributed by atoms with Gasteiger partial charge in [-0.2, -0.15) is 0 Å². The fourth-order valence-electron chi connectivity index (χ4n) is 3.77. The summed E-state index contributed by atoms with van der Waals surface area (Å²) in [6, 6.07) is 21.6. The number of fused-ring (bicyclic) bond motifs is 1. The van der Waals surface area contributed by atoms with Gasteiger partial charge in [-0.15, -0.1) is 0 Å². The Morgan fingerprint density at radius 3 is 2.16 bits per heavy atom. The van der Waals surface area contributed by atoms with Crippen molar-refractivity contribution in [3.8, 4) is 0 Å². The van der Waals surface area contributed by atoms with Crippen molar-refractivity contribution in [2.24, 2.45) is 0 Å². The van der Waals surface area contributed by atoms with Crippen LogP contribution in [0.25, 0.3) is 10.8 Å². The van der Waals surface area contributed by atoms with Crippen molar-refractivity contribution in [3.05, 3.63) is 72.3 Å². The summed E-state index contributed by atoms with van der Waals surface area (Å²) in [5, 5.41) is 5.20. The third-order valence-electron chi connectivity index (χ3n) is 5.43. The molecule has 6 nitrogen and oxygen atoms in total. The molecule has 4 rings (SSSR count). The average molecular weight is 432 g/mol. The Balaban J connectivity index is 1.34. The van der Waals surface area contributed by atoms with Crippen LogP contribution in [0.5, 0.6) is 0 Å². The molecule has 166 valence electrons. The Kier molecular flexibility index (Phi) is 6.04. The van der Waals surface area contributed by atoms with E-state index in [1.807, 2.05) is 87.5 Å². The number of anilines is 2. The van der Waals surface area contributed by atoms with Crippen LogP contribution < -0.4 is 10.2 Å². The Morgan fingerprint density at radius 1 is 0.844 bits per heavy atom. The molecule has 1 fully saturated rings. The second-order valence-electron chi connectivity index (χ2n) is 9.02. The standard InChI is InChI=1S/C26H29N3O3/c1-26(2,3)32-25(31)29-16-14-28(15-17-29)23-12-9-20(10-13-23)24(30)27-22-11-8-19-6-4-5-7-21(19)18-22/h4-13,18H,14-17H2,1-3H3,(H,27,30). The summed E-state index contributed by atoms with van der Waals surface area (Å²) in [6.07, 6.45) is -0.266. The zero-order chi connectivity index (χ0) is 22.7. The molecule has 0 saturated carbocycles. The minimum atomic E-state index is -0.489. The molecule has 1 saturated heterocycles. The van der Waals surface area contributed by atoms with Gasteiger partial charge in [-0.05, 0) is 67.9 Å². The first-order valence-corrected chi connectivity index (χ1v) is 10.9. The van der Waals surface area contributed by atoms with Gasteiger partial charge in [0, 0.05) is 43.1 Å². The molecule has 3 aromatic carbocycles. The van der Waals surface area contributed by atoms with Crippen LogP contribution in [0.2, 0.25) is 0 Å². The topological polar surface area (TPSA) is 61.9 Å². The first-order valence-electron chi connectivity index (χ1n) is 10.9. The number of nitrogens with one attached hydrogen (secondary N) is 1. The van der Waals surface area contributed by atoms with Crippen molar-refractivity contribution in [1.29, 1.82) is 0 Å². The number of carbonyl (C=O) groups excluding carboxylic acids is 2. The van der Waals surface area contributed by atoms with Gasteiger partial charge >= 0.3 is 6.09 Å². The van der Waals surface area contributed by atoms with E-state index in [9.17, 15) is 9.59 Å². The number of benzene rings is 3. The van der Waals surface area contributed by atoms with Crippen molar-refractivity contribution in [3.63, 3.8) is 0 Å². The van der Waals surface area contributed by atoms with E-state index in [1.165, 1.54) is 0 Å². The second-order valence-corrected chi connectivity index (χ2v) is 9.02. The molecule has 0 bridgehead atoms. The van der Waals surface area contributed by atoms with Crippen LogP contribution in [-0.2, 0) is 4.74 Å². The number of ether oxygens (including phenoxy) is 1.